The van der Waals surface area contributed by atoms with Gasteiger partial charge < -0.3 is 9.80 Å². The second kappa shape index (κ2) is 7.06. The molecular weight excluding hydrogens is 326 g/mol. The van der Waals surface area contributed by atoms with Crippen molar-refractivity contribution in [1.29, 1.82) is 0 Å². The van der Waals surface area contributed by atoms with Crippen molar-refractivity contribution >= 4 is 22.7 Å². The van der Waals surface area contributed by atoms with Crippen molar-refractivity contribution in [2.75, 3.05) is 19.6 Å². The summed E-state index contributed by atoms with van der Waals surface area (Å²) >= 11 is 0. The van der Waals surface area contributed by atoms with E-state index in [0.29, 0.717) is 18.5 Å². The topological polar surface area (TPSA) is 53.5 Å². The minimum Gasteiger partial charge on any atom is -0.341 e. The number of para-hydroxylation sites is 1. The lowest BCUT2D eigenvalue weighted by molar-refractivity contribution is -0.128. The lowest BCUT2D eigenvalue weighted by Crippen LogP contribution is -2.49. The maximum atomic E-state index is 13.3. The Morgan fingerprint density at radius 2 is 2.04 bits per heavy atom. The van der Waals surface area contributed by atoms with Crippen LogP contribution in [0, 0.1) is 6.92 Å². The Morgan fingerprint density at radius 3 is 2.85 bits per heavy atom. The third-order valence-electron chi connectivity index (χ3n) is 5.77. The molecule has 5 heteroatoms. The molecule has 2 saturated heterocycles. The van der Waals surface area contributed by atoms with E-state index < -0.39 is 0 Å². The van der Waals surface area contributed by atoms with Gasteiger partial charge in [0.1, 0.15) is 0 Å². The number of fused-ring (bicyclic) bond motifs is 1. The van der Waals surface area contributed by atoms with Crippen LogP contribution in [0.25, 0.3) is 10.9 Å². The monoisotopic (exact) mass is 351 g/mol. The highest BCUT2D eigenvalue weighted by Crippen LogP contribution is 2.25. The predicted molar refractivity (Wildman–Crippen MR) is 101 cm³/mol. The van der Waals surface area contributed by atoms with E-state index in [0.717, 1.165) is 55.2 Å². The summed E-state index contributed by atoms with van der Waals surface area (Å²) in [7, 11) is 0. The van der Waals surface area contributed by atoms with Crippen LogP contribution in [0.4, 0.5) is 0 Å². The molecule has 1 unspecified atom stereocenters. The zero-order valence-corrected chi connectivity index (χ0v) is 15.3. The molecule has 136 valence electrons. The van der Waals surface area contributed by atoms with E-state index in [1.807, 2.05) is 41.0 Å². The third kappa shape index (κ3) is 3.06. The standard InChI is InChI=1S/C21H25N3O2/c1-15-17-8-2-3-9-19(17)22-13-18(15)21(26)24-12-5-4-7-16(24)14-23-11-6-10-20(23)25/h2-3,8-9,13,16H,4-7,10-12,14H2,1H3. The van der Waals surface area contributed by atoms with Crippen molar-refractivity contribution < 1.29 is 9.59 Å². The van der Waals surface area contributed by atoms with Gasteiger partial charge in [-0.05, 0) is 44.2 Å². The molecule has 2 amide bonds. The summed E-state index contributed by atoms with van der Waals surface area (Å²) in [6, 6.07) is 8.05. The van der Waals surface area contributed by atoms with Gasteiger partial charge in [-0.25, -0.2) is 0 Å². The molecule has 0 saturated carbocycles. The van der Waals surface area contributed by atoms with Gasteiger partial charge in [0.15, 0.2) is 0 Å². The Balaban J connectivity index is 1.61. The lowest BCUT2D eigenvalue weighted by atomic mass is 9.98. The maximum Gasteiger partial charge on any atom is 0.256 e. The van der Waals surface area contributed by atoms with Gasteiger partial charge in [0.05, 0.1) is 11.1 Å². The fourth-order valence-electron chi connectivity index (χ4n) is 4.26. The molecule has 26 heavy (non-hydrogen) atoms. The van der Waals surface area contributed by atoms with Crippen LogP contribution < -0.4 is 0 Å². The predicted octanol–water partition coefficient (Wildman–Crippen LogP) is 3.16. The largest absolute Gasteiger partial charge is 0.341 e. The van der Waals surface area contributed by atoms with Gasteiger partial charge >= 0.3 is 0 Å². The van der Waals surface area contributed by atoms with E-state index in [9.17, 15) is 9.59 Å². The quantitative estimate of drug-likeness (QED) is 0.853. The summed E-state index contributed by atoms with van der Waals surface area (Å²) in [6.45, 7) is 4.26. The number of aryl methyl sites for hydroxylation is 1. The van der Waals surface area contributed by atoms with Gasteiger partial charge in [-0.1, -0.05) is 18.2 Å². The van der Waals surface area contributed by atoms with E-state index >= 15 is 0 Å². The van der Waals surface area contributed by atoms with Crippen molar-refractivity contribution in [3.05, 3.63) is 41.6 Å². The molecule has 0 N–H and O–H groups in total. The highest BCUT2D eigenvalue weighted by atomic mass is 16.2. The molecule has 0 spiro atoms. The molecule has 2 aliphatic heterocycles. The van der Waals surface area contributed by atoms with Gasteiger partial charge in [0.2, 0.25) is 5.91 Å². The van der Waals surface area contributed by atoms with Crippen molar-refractivity contribution in [2.45, 2.75) is 45.1 Å². The second-order valence-electron chi connectivity index (χ2n) is 7.41. The van der Waals surface area contributed by atoms with E-state index in [1.54, 1.807) is 6.20 Å². The fraction of sp³-hybridized carbons (Fsp3) is 0.476. The Hall–Kier alpha value is -2.43. The number of hydrogen-bond acceptors (Lipinski definition) is 3. The molecule has 2 fully saturated rings. The first kappa shape index (κ1) is 17.0. The fourth-order valence-corrected chi connectivity index (χ4v) is 4.26. The molecule has 1 aromatic heterocycles. The van der Waals surface area contributed by atoms with Gasteiger partial charge in [0.25, 0.3) is 5.91 Å². The molecule has 1 aromatic carbocycles. The zero-order chi connectivity index (χ0) is 18.1. The number of piperidine rings is 1. The van der Waals surface area contributed by atoms with Crippen LogP contribution in [0.5, 0.6) is 0 Å². The minimum atomic E-state index is 0.0529. The molecule has 3 heterocycles. The number of rotatable bonds is 3. The minimum absolute atomic E-state index is 0.0529. The van der Waals surface area contributed by atoms with Crippen LogP contribution in [0.2, 0.25) is 0 Å². The highest BCUT2D eigenvalue weighted by molar-refractivity contribution is 6.00. The molecule has 4 rings (SSSR count). The number of pyridine rings is 1. The average molecular weight is 351 g/mol. The third-order valence-corrected chi connectivity index (χ3v) is 5.77. The number of hydrogen-bond donors (Lipinski definition) is 0. The van der Waals surface area contributed by atoms with Crippen molar-refractivity contribution in [3.63, 3.8) is 0 Å². The van der Waals surface area contributed by atoms with Crippen LogP contribution >= 0.6 is 0 Å². The van der Waals surface area contributed by atoms with Gasteiger partial charge in [-0.2, -0.15) is 0 Å². The van der Waals surface area contributed by atoms with E-state index in [2.05, 4.69) is 4.98 Å². The molecule has 1 atom stereocenters. The van der Waals surface area contributed by atoms with Crippen LogP contribution in [-0.4, -0.2) is 52.3 Å². The van der Waals surface area contributed by atoms with E-state index in [1.165, 1.54) is 0 Å². The summed E-state index contributed by atoms with van der Waals surface area (Å²) in [5, 5.41) is 1.03. The maximum absolute atomic E-state index is 13.3. The summed E-state index contributed by atoms with van der Waals surface area (Å²) in [5.74, 6) is 0.281. The number of carbonyl (C=O) groups excluding carboxylic acids is 2. The molecule has 2 aliphatic rings. The normalized spacial score (nSPS) is 20.8. The molecule has 0 radical (unpaired) electrons. The first-order valence-corrected chi connectivity index (χ1v) is 9.58. The summed E-state index contributed by atoms with van der Waals surface area (Å²) < 4.78 is 0. The summed E-state index contributed by atoms with van der Waals surface area (Å²) in [4.78, 5) is 33.7. The number of nitrogens with zero attached hydrogens (tertiary/aromatic N) is 3. The van der Waals surface area contributed by atoms with E-state index in [4.69, 9.17) is 0 Å². The van der Waals surface area contributed by atoms with Crippen LogP contribution in [0.1, 0.15) is 48.0 Å². The number of amides is 2. The number of carbonyl (C=O) groups is 2. The average Bonchev–Trinajstić information content (AvgIpc) is 3.07. The first-order chi connectivity index (χ1) is 12.6. The Labute approximate surface area is 154 Å². The van der Waals surface area contributed by atoms with Gasteiger partial charge in [-0.3, -0.25) is 14.6 Å². The lowest BCUT2D eigenvalue weighted by Gasteiger charge is -2.38. The first-order valence-electron chi connectivity index (χ1n) is 9.58. The Kier molecular flexibility index (Phi) is 4.62. The van der Waals surface area contributed by atoms with Crippen molar-refractivity contribution in [1.82, 2.24) is 14.8 Å². The SMILES string of the molecule is Cc1c(C(=O)N2CCCCC2CN2CCCC2=O)cnc2ccccc12. The van der Waals surface area contributed by atoms with Gasteiger partial charge in [-0.15, -0.1) is 0 Å². The van der Waals surface area contributed by atoms with Crippen LogP contribution in [0.15, 0.2) is 30.5 Å². The van der Waals surface area contributed by atoms with E-state index in [-0.39, 0.29) is 17.9 Å². The number of likely N-dealkylation sites (tertiary alicyclic amines) is 2. The number of benzene rings is 1. The second-order valence-corrected chi connectivity index (χ2v) is 7.41. The summed E-state index contributed by atoms with van der Waals surface area (Å²) in [5.41, 5.74) is 2.59. The molecule has 5 nitrogen and oxygen atoms in total. The van der Waals surface area contributed by atoms with Gasteiger partial charge in [0, 0.05) is 43.7 Å². The number of aromatic nitrogens is 1. The van der Waals surface area contributed by atoms with Crippen molar-refractivity contribution in [3.8, 4) is 0 Å². The Bertz CT molecular complexity index is 848. The summed E-state index contributed by atoms with van der Waals surface area (Å²) in [6.07, 6.45) is 6.41. The molecular formula is C21H25N3O2. The Morgan fingerprint density at radius 1 is 1.19 bits per heavy atom. The van der Waals surface area contributed by atoms with Crippen molar-refractivity contribution in [2.24, 2.45) is 0 Å². The smallest absolute Gasteiger partial charge is 0.256 e. The highest BCUT2D eigenvalue weighted by Gasteiger charge is 2.32. The molecule has 0 aliphatic carbocycles. The van der Waals surface area contributed by atoms with Crippen LogP contribution in [0.3, 0.4) is 0 Å². The van der Waals surface area contributed by atoms with Crippen LogP contribution in [-0.2, 0) is 4.79 Å². The zero-order valence-electron chi connectivity index (χ0n) is 15.3. The molecule has 2 aromatic rings. The molecule has 0 bridgehead atoms.